The van der Waals surface area contributed by atoms with Crippen molar-refractivity contribution in [2.45, 2.75) is 17.9 Å². The van der Waals surface area contributed by atoms with Gasteiger partial charge in [-0.25, -0.2) is 13.6 Å². The zero-order valence-electron chi connectivity index (χ0n) is 14.9. The van der Waals surface area contributed by atoms with Gasteiger partial charge in [0.1, 0.15) is 17.5 Å². The molecule has 0 spiro atoms. The highest BCUT2D eigenvalue weighted by Gasteiger charge is 2.17. The Bertz CT molecular complexity index is 932. The fourth-order valence-corrected chi connectivity index (χ4v) is 3.01. The van der Waals surface area contributed by atoms with Crippen LogP contribution >= 0.6 is 11.6 Å². The zero-order chi connectivity index (χ0) is 20.2. The average molecular weight is 414 g/mol. The van der Waals surface area contributed by atoms with Crippen molar-refractivity contribution in [2.24, 2.45) is 5.14 Å². The van der Waals surface area contributed by atoms with Gasteiger partial charge >= 0.3 is 0 Å². The number of nitrogens with one attached hydrogen (secondary N) is 2. The molecule has 27 heavy (non-hydrogen) atoms. The summed E-state index contributed by atoms with van der Waals surface area (Å²) in [6.07, 6.45) is 0. The number of carbonyl (C=O) groups is 1. The lowest BCUT2D eigenvalue weighted by atomic mass is 10.2. The van der Waals surface area contributed by atoms with Crippen molar-refractivity contribution < 1.29 is 22.7 Å². The van der Waals surface area contributed by atoms with Crippen LogP contribution in [0.15, 0.2) is 41.3 Å². The summed E-state index contributed by atoms with van der Waals surface area (Å²) in [6, 6.07) is 8.11. The van der Waals surface area contributed by atoms with Crippen LogP contribution < -0.4 is 25.2 Å². The maximum Gasteiger partial charge on any atom is 0.246 e. The third-order valence-electron chi connectivity index (χ3n) is 3.69. The van der Waals surface area contributed by atoms with Crippen LogP contribution in [0.3, 0.4) is 0 Å². The van der Waals surface area contributed by atoms with E-state index in [0.29, 0.717) is 27.9 Å². The van der Waals surface area contributed by atoms with Crippen molar-refractivity contribution in [3.63, 3.8) is 0 Å². The van der Waals surface area contributed by atoms with Gasteiger partial charge in [0.2, 0.25) is 15.9 Å². The smallest absolute Gasteiger partial charge is 0.246 e. The van der Waals surface area contributed by atoms with Gasteiger partial charge in [-0.1, -0.05) is 11.6 Å². The predicted molar refractivity (Wildman–Crippen MR) is 104 cm³/mol. The van der Waals surface area contributed by atoms with E-state index in [9.17, 15) is 13.2 Å². The second-order valence-corrected chi connectivity index (χ2v) is 7.58. The molecule has 0 aliphatic rings. The van der Waals surface area contributed by atoms with Crippen LogP contribution in [0.2, 0.25) is 5.02 Å². The first-order valence-corrected chi connectivity index (χ1v) is 9.70. The van der Waals surface area contributed by atoms with E-state index in [2.05, 4.69) is 10.6 Å². The van der Waals surface area contributed by atoms with Crippen LogP contribution in [0.4, 0.5) is 11.4 Å². The summed E-state index contributed by atoms with van der Waals surface area (Å²) in [5, 5.41) is 11.1. The molecule has 0 aliphatic heterocycles. The highest BCUT2D eigenvalue weighted by molar-refractivity contribution is 7.89. The van der Waals surface area contributed by atoms with Crippen molar-refractivity contribution in [1.82, 2.24) is 0 Å². The number of hydrogen-bond acceptors (Lipinski definition) is 6. The number of ether oxygens (including phenoxy) is 2. The first kappa shape index (κ1) is 20.8. The molecule has 4 N–H and O–H groups in total. The van der Waals surface area contributed by atoms with Gasteiger partial charge in [-0.05, 0) is 37.3 Å². The summed E-state index contributed by atoms with van der Waals surface area (Å²) in [6.45, 7) is 1.66. The molecule has 2 rings (SSSR count). The van der Waals surface area contributed by atoms with E-state index in [1.807, 2.05) is 0 Å². The van der Waals surface area contributed by atoms with E-state index in [-0.39, 0.29) is 10.8 Å². The highest BCUT2D eigenvalue weighted by atomic mass is 35.5. The van der Waals surface area contributed by atoms with Crippen molar-refractivity contribution >= 4 is 38.9 Å². The standard InChI is InChI=1S/C17H20ClN3O5S/c1-10(20-14-8-13(18)15(25-2)9-16(14)26-3)17(22)21-11-4-6-12(7-5-11)27(19,23)24/h4-10,20H,1-3H3,(H,21,22)(H2,19,23,24). The molecular formula is C17H20ClN3O5S. The summed E-state index contributed by atoms with van der Waals surface area (Å²) >= 11 is 6.12. The van der Waals surface area contributed by atoms with E-state index < -0.39 is 16.1 Å². The number of nitrogens with two attached hydrogens (primary N) is 1. The third kappa shape index (κ3) is 5.25. The van der Waals surface area contributed by atoms with Gasteiger partial charge in [0.15, 0.2) is 0 Å². The fourth-order valence-electron chi connectivity index (χ4n) is 2.25. The van der Waals surface area contributed by atoms with E-state index in [0.717, 1.165) is 0 Å². The highest BCUT2D eigenvalue weighted by Crippen LogP contribution is 2.36. The van der Waals surface area contributed by atoms with Gasteiger partial charge in [-0.3, -0.25) is 4.79 Å². The molecule has 8 nitrogen and oxygen atoms in total. The molecule has 0 saturated heterocycles. The average Bonchev–Trinajstić information content (AvgIpc) is 2.61. The topological polar surface area (TPSA) is 120 Å². The Balaban J connectivity index is 2.11. The molecule has 0 heterocycles. The van der Waals surface area contributed by atoms with Gasteiger partial charge in [0.25, 0.3) is 0 Å². The lowest BCUT2D eigenvalue weighted by molar-refractivity contribution is -0.116. The molecule has 0 saturated carbocycles. The molecule has 1 unspecified atom stereocenters. The number of rotatable bonds is 7. The number of methoxy groups -OCH3 is 2. The molecule has 2 aromatic rings. The first-order valence-electron chi connectivity index (χ1n) is 7.77. The monoisotopic (exact) mass is 413 g/mol. The number of carbonyl (C=O) groups excluding carboxylic acids is 1. The van der Waals surface area contributed by atoms with Crippen LogP contribution in [0.25, 0.3) is 0 Å². The number of anilines is 2. The summed E-state index contributed by atoms with van der Waals surface area (Å²) in [5.41, 5.74) is 0.955. The lowest BCUT2D eigenvalue weighted by Gasteiger charge is -2.18. The molecule has 0 bridgehead atoms. The molecular weight excluding hydrogens is 394 g/mol. The molecule has 0 aromatic heterocycles. The van der Waals surface area contributed by atoms with Gasteiger partial charge < -0.3 is 20.1 Å². The SMILES string of the molecule is COc1cc(OC)c(NC(C)C(=O)Nc2ccc(S(N)(=O)=O)cc2)cc1Cl. The quantitative estimate of drug-likeness (QED) is 0.641. The minimum Gasteiger partial charge on any atom is -0.495 e. The third-order valence-corrected chi connectivity index (χ3v) is 4.91. The van der Waals surface area contributed by atoms with Crippen molar-refractivity contribution in [2.75, 3.05) is 24.9 Å². The van der Waals surface area contributed by atoms with E-state index >= 15 is 0 Å². The molecule has 10 heteroatoms. The van der Waals surface area contributed by atoms with E-state index in [4.69, 9.17) is 26.2 Å². The molecule has 0 radical (unpaired) electrons. The van der Waals surface area contributed by atoms with Crippen molar-refractivity contribution in [1.29, 1.82) is 0 Å². The summed E-state index contributed by atoms with van der Waals surface area (Å²) < 4.78 is 32.9. The second kappa shape index (κ2) is 8.47. The summed E-state index contributed by atoms with van der Waals surface area (Å²) in [5.74, 6) is 0.576. The molecule has 0 aliphatic carbocycles. The Morgan fingerprint density at radius 2 is 1.70 bits per heavy atom. The number of hydrogen-bond donors (Lipinski definition) is 3. The maximum atomic E-state index is 12.4. The van der Waals surface area contributed by atoms with Crippen molar-refractivity contribution in [3.8, 4) is 11.5 Å². The molecule has 0 fully saturated rings. The fraction of sp³-hybridized carbons (Fsp3) is 0.235. The normalized spacial score (nSPS) is 12.2. The minimum absolute atomic E-state index is 0.0377. The molecule has 1 atom stereocenters. The Hall–Kier alpha value is -2.49. The largest absolute Gasteiger partial charge is 0.495 e. The van der Waals surface area contributed by atoms with Gasteiger partial charge in [-0.2, -0.15) is 0 Å². The van der Waals surface area contributed by atoms with Gasteiger partial charge in [0, 0.05) is 11.8 Å². The number of benzene rings is 2. The Labute approximate surface area is 162 Å². The van der Waals surface area contributed by atoms with Crippen LogP contribution in [-0.2, 0) is 14.8 Å². The van der Waals surface area contributed by atoms with Crippen LogP contribution in [-0.4, -0.2) is 34.6 Å². The minimum atomic E-state index is -3.78. The maximum absolute atomic E-state index is 12.4. The number of amides is 1. The van der Waals surface area contributed by atoms with Gasteiger partial charge in [-0.15, -0.1) is 0 Å². The number of sulfonamides is 1. The number of halogens is 1. The summed E-state index contributed by atoms with van der Waals surface area (Å²) in [4.78, 5) is 12.4. The van der Waals surface area contributed by atoms with Crippen LogP contribution in [0, 0.1) is 0 Å². The predicted octanol–water partition coefficient (Wildman–Crippen LogP) is 2.44. The van der Waals surface area contributed by atoms with Crippen LogP contribution in [0.5, 0.6) is 11.5 Å². The Morgan fingerprint density at radius 1 is 1.11 bits per heavy atom. The van der Waals surface area contributed by atoms with E-state index in [1.54, 1.807) is 19.1 Å². The first-order chi connectivity index (χ1) is 12.7. The zero-order valence-corrected chi connectivity index (χ0v) is 16.5. The number of primary sulfonamides is 1. The molecule has 1 amide bonds. The Morgan fingerprint density at radius 3 is 2.22 bits per heavy atom. The van der Waals surface area contributed by atoms with E-state index in [1.165, 1.54) is 38.5 Å². The molecule has 146 valence electrons. The van der Waals surface area contributed by atoms with Crippen LogP contribution in [0.1, 0.15) is 6.92 Å². The second-order valence-electron chi connectivity index (χ2n) is 5.61. The summed E-state index contributed by atoms with van der Waals surface area (Å²) in [7, 11) is -0.802. The molecule has 2 aromatic carbocycles. The van der Waals surface area contributed by atoms with Gasteiger partial charge in [0.05, 0.1) is 29.8 Å². The van der Waals surface area contributed by atoms with Crippen molar-refractivity contribution in [3.05, 3.63) is 41.4 Å². The Kier molecular flexibility index (Phi) is 6.53. The lowest BCUT2D eigenvalue weighted by Crippen LogP contribution is -2.32.